The average molecular weight is 637 g/mol. The van der Waals surface area contributed by atoms with Gasteiger partial charge in [0, 0.05) is 17.8 Å². The number of fused-ring (bicyclic) bond motifs is 2. The molecule has 0 aromatic carbocycles. The molecule has 45 heavy (non-hydrogen) atoms. The Morgan fingerprint density at radius 2 is 1.56 bits per heavy atom. The van der Waals surface area contributed by atoms with E-state index in [-0.39, 0.29) is 62.6 Å². The van der Waals surface area contributed by atoms with Crippen molar-refractivity contribution in [2.24, 2.45) is 56.7 Å². The Morgan fingerprint density at radius 3 is 2.20 bits per heavy atom. The van der Waals surface area contributed by atoms with Gasteiger partial charge in [0.2, 0.25) is 0 Å². The van der Waals surface area contributed by atoms with Crippen LogP contribution in [0.15, 0.2) is 0 Å². The standard InChI is InChI=1S/C36H60O9/c1-18(2)20(38)9-8-19(3)27-21(39)14-33(6)24-11-10-23-32(4,5)26(45-31-30(43)29(42)28(41)22(16-37)44-31)12-13-35(23)17-36(24,35)25(40)15-34(27,33)7/h18-19,21-31,37,39-43H,8-17H2,1-7H3/t19-,21+,22-,23+,24+,25-,26+,27+,28-,29+,30-,31+,33+,34-,35-,36+/m1/s1. The van der Waals surface area contributed by atoms with E-state index < -0.39 is 49.5 Å². The summed E-state index contributed by atoms with van der Waals surface area (Å²) in [6, 6.07) is 0. The van der Waals surface area contributed by atoms with Crippen molar-refractivity contribution in [3.05, 3.63) is 0 Å². The highest BCUT2D eigenvalue weighted by atomic mass is 16.7. The molecule has 0 aromatic rings. The molecule has 2 spiro atoms. The first-order valence-electron chi connectivity index (χ1n) is 17.8. The van der Waals surface area contributed by atoms with E-state index >= 15 is 0 Å². The highest BCUT2D eigenvalue weighted by Crippen LogP contribution is 2.89. The molecule has 16 atom stereocenters. The topological polar surface area (TPSA) is 157 Å². The molecule has 9 heteroatoms. The smallest absolute Gasteiger partial charge is 0.186 e. The fourth-order valence-electron chi connectivity index (χ4n) is 12.9. The first kappa shape index (κ1) is 34.2. The van der Waals surface area contributed by atoms with Crippen molar-refractivity contribution >= 4 is 5.78 Å². The predicted octanol–water partition coefficient (Wildman–Crippen LogP) is 3.19. The quantitative estimate of drug-likeness (QED) is 0.220. The summed E-state index contributed by atoms with van der Waals surface area (Å²) in [5.74, 6) is 1.12. The van der Waals surface area contributed by atoms with Crippen LogP contribution in [0.4, 0.5) is 0 Å². The molecular formula is C36H60O9. The molecule has 0 aromatic heterocycles. The molecular weight excluding hydrogens is 576 g/mol. The third-order valence-electron chi connectivity index (χ3n) is 15.3. The number of hydrogen-bond donors (Lipinski definition) is 6. The second-order valence-electron chi connectivity index (χ2n) is 17.7. The maximum atomic E-state index is 12.5. The van der Waals surface area contributed by atoms with E-state index in [1.54, 1.807) is 0 Å². The van der Waals surface area contributed by atoms with Crippen LogP contribution in [0.3, 0.4) is 0 Å². The summed E-state index contributed by atoms with van der Waals surface area (Å²) in [7, 11) is 0. The molecule has 6 rings (SSSR count). The second-order valence-corrected chi connectivity index (χ2v) is 17.7. The maximum absolute atomic E-state index is 12.5. The molecule has 0 bridgehead atoms. The minimum Gasteiger partial charge on any atom is -0.394 e. The number of ketones is 1. The monoisotopic (exact) mass is 636 g/mol. The number of rotatable bonds is 8. The Morgan fingerprint density at radius 1 is 0.889 bits per heavy atom. The van der Waals surface area contributed by atoms with E-state index in [1.165, 1.54) is 0 Å². The lowest BCUT2D eigenvalue weighted by atomic mass is 9.41. The number of carbonyl (C=O) groups excluding carboxylic acids is 1. The van der Waals surface area contributed by atoms with Crippen LogP contribution in [-0.4, -0.2) is 92.0 Å². The fourth-order valence-corrected chi connectivity index (χ4v) is 12.9. The Hall–Kier alpha value is -0.650. The van der Waals surface area contributed by atoms with E-state index in [0.29, 0.717) is 18.8 Å². The minimum absolute atomic E-state index is 0.0171. The van der Waals surface area contributed by atoms with Crippen molar-refractivity contribution in [2.75, 3.05) is 6.61 Å². The molecule has 0 radical (unpaired) electrons. The van der Waals surface area contributed by atoms with Gasteiger partial charge in [-0.05, 0) is 96.7 Å². The first-order valence-corrected chi connectivity index (χ1v) is 17.8. The highest BCUT2D eigenvalue weighted by molar-refractivity contribution is 5.80. The number of carbonyl (C=O) groups is 1. The second kappa shape index (κ2) is 11.2. The summed E-state index contributed by atoms with van der Waals surface area (Å²) in [6.45, 7) is 14.8. The number of aliphatic hydroxyl groups is 6. The summed E-state index contributed by atoms with van der Waals surface area (Å²) in [5, 5.41) is 65.0. The van der Waals surface area contributed by atoms with E-state index in [9.17, 15) is 35.4 Å². The molecule has 6 fully saturated rings. The maximum Gasteiger partial charge on any atom is 0.186 e. The molecule has 258 valence electrons. The zero-order valence-electron chi connectivity index (χ0n) is 28.5. The van der Waals surface area contributed by atoms with Crippen LogP contribution in [0.25, 0.3) is 0 Å². The van der Waals surface area contributed by atoms with Gasteiger partial charge in [0.25, 0.3) is 0 Å². The Labute approximate surface area is 269 Å². The van der Waals surface area contributed by atoms with Crippen molar-refractivity contribution in [3.8, 4) is 0 Å². The predicted molar refractivity (Wildman–Crippen MR) is 167 cm³/mol. The van der Waals surface area contributed by atoms with Gasteiger partial charge in [0.15, 0.2) is 6.29 Å². The van der Waals surface area contributed by atoms with Crippen molar-refractivity contribution in [2.45, 2.75) is 155 Å². The Balaban J connectivity index is 1.23. The third kappa shape index (κ3) is 4.57. The lowest BCUT2D eigenvalue weighted by molar-refractivity contribution is -0.327. The largest absolute Gasteiger partial charge is 0.394 e. The summed E-state index contributed by atoms with van der Waals surface area (Å²) in [6.07, 6.45) is -0.375. The van der Waals surface area contributed by atoms with E-state index in [4.69, 9.17) is 9.47 Å². The van der Waals surface area contributed by atoms with Gasteiger partial charge in [0.1, 0.15) is 30.2 Å². The summed E-state index contributed by atoms with van der Waals surface area (Å²) >= 11 is 0. The van der Waals surface area contributed by atoms with Gasteiger partial charge in [-0.15, -0.1) is 0 Å². The van der Waals surface area contributed by atoms with Crippen molar-refractivity contribution in [1.29, 1.82) is 0 Å². The SMILES string of the molecule is CC(C)C(=O)CC[C@@H](C)[C@H]1[C@@H](O)C[C@@]2(C)[C@@H]3CC[C@H]4C(C)(C)[C@@H](O[C@@H]5O[C@H](CO)[C@@H](O)[C@H](O)[C@H]5O)CC[C@@]45C[C@@]35[C@H](O)C[C@]12C. The zero-order chi connectivity index (χ0) is 33.1. The molecule has 5 aliphatic carbocycles. The normalized spacial score (nSPS) is 54.0. The number of Topliss-reactive ketones (excluding diaryl/α,β-unsaturated/α-hetero) is 1. The first-order chi connectivity index (χ1) is 20.9. The Bertz CT molecular complexity index is 1140. The lowest BCUT2D eigenvalue weighted by Gasteiger charge is -2.64. The minimum atomic E-state index is -1.47. The molecule has 1 aliphatic heterocycles. The van der Waals surface area contributed by atoms with Crippen LogP contribution < -0.4 is 0 Å². The van der Waals surface area contributed by atoms with E-state index in [2.05, 4.69) is 34.6 Å². The van der Waals surface area contributed by atoms with E-state index in [1.807, 2.05) is 13.8 Å². The van der Waals surface area contributed by atoms with Gasteiger partial charge in [-0.1, -0.05) is 48.5 Å². The van der Waals surface area contributed by atoms with Gasteiger partial charge >= 0.3 is 0 Å². The summed E-state index contributed by atoms with van der Waals surface area (Å²) < 4.78 is 12.2. The van der Waals surface area contributed by atoms with Crippen molar-refractivity contribution in [1.82, 2.24) is 0 Å². The Kier molecular flexibility index (Phi) is 8.51. The lowest BCUT2D eigenvalue weighted by Crippen LogP contribution is -2.63. The average Bonchev–Trinajstić information content (AvgIpc) is 3.61. The molecule has 9 nitrogen and oxygen atoms in total. The molecule has 1 heterocycles. The molecule has 5 saturated carbocycles. The number of aliphatic hydroxyl groups excluding tert-OH is 6. The summed E-state index contributed by atoms with van der Waals surface area (Å²) in [5.41, 5.74) is -0.855. The van der Waals surface area contributed by atoms with Gasteiger partial charge in [-0.2, -0.15) is 0 Å². The van der Waals surface area contributed by atoms with Gasteiger partial charge in [0.05, 0.1) is 24.9 Å². The molecule has 6 N–H and O–H groups in total. The van der Waals surface area contributed by atoms with Gasteiger partial charge in [-0.3, -0.25) is 4.79 Å². The number of ether oxygens (including phenoxy) is 2. The van der Waals surface area contributed by atoms with Crippen LogP contribution in [0.2, 0.25) is 0 Å². The van der Waals surface area contributed by atoms with Gasteiger partial charge in [-0.25, -0.2) is 0 Å². The zero-order valence-corrected chi connectivity index (χ0v) is 28.5. The fraction of sp³-hybridized carbons (Fsp3) is 0.972. The molecule has 0 unspecified atom stereocenters. The summed E-state index contributed by atoms with van der Waals surface area (Å²) in [4.78, 5) is 12.5. The molecule has 6 aliphatic rings. The van der Waals surface area contributed by atoms with Crippen molar-refractivity contribution < 1.29 is 44.9 Å². The molecule has 0 amide bonds. The van der Waals surface area contributed by atoms with Crippen LogP contribution in [0.1, 0.15) is 106 Å². The van der Waals surface area contributed by atoms with Gasteiger partial charge < -0.3 is 40.1 Å². The molecule has 1 saturated heterocycles. The highest BCUT2D eigenvalue weighted by Gasteiger charge is 2.85. The van der Waals surface area contributed by atoms with Crippen molar-refractivity contribution in [3.63, 3.8) is 0 Å². The third-order valence-corrected chi connectivity index (χ3v) is 15.3. The van der Waals surface area contributed by atoms with Crippen LogP contribution in [0, 0.1) is 56.7 Å². The van der Waals surface area contributed by atoms with Crippen LogP contribution in [-0.2, 0) is 14.3 Å². The van der Waals surface area contributed by atoms with E-state index in [0.717, 1.165) is 44.9 Å². The van der Waals surface area contributed by atoms with Crippen LogP contribution >= 0.6 is 0 Å². The number of hydrogen-bond acceptors (Lipinski definition) is 9. The van der Waals surface area contributed by atoms with Crippen LogP contribution in [0.5, 0.6) is 0 Å².